The Morgan fingerprint density at radius 2 is 0.619 bits per heavy atom. The third-order valence-electron chi connectivity index (χ3n) is 12.8. The van der Waals surface area contributed by atoms with E-state index in [1.165, 1.54) is 89.9 Å². The average molecular weight is 877 g/mol. The van der Waals surface area contributed by atoms with E-state index in [1.807, 2.05) is 24.3 Å². The highest BCUT2D eigenvalue weighted by atomic mass is 16.6. The normalized spacial score (nSPS) is 12.8. The van der Waals surface area contributed by atoms with Crippen LogP contribution in [0.4, 0.5) is 0 Å². The Labute approximate surface area is 387 Å². The standard InChI is InChI=1S/C57H96O6/c1-15-17-19-21-23-25-27-29-31-33-35-62-51(60)57(52(61)63-36-34-32-30-28-26-24-22-20-18-16-2,41-43-37-45(53(3,4)5)49(58)46(38-43)54(6,7)8)42-44-39-47(55(9,10)11)50(59)48(40-44)56(12,13)14/h37-40,58-59H,15-36,41-42H2,1-14H3. The highest BCUT2D eigenvalue weighted by Crippen LogP contribution is 2.44. The third-order valence-corrected chi connectivity index (χ3v) is 12.8. The lowest BCUT2D eigenvalue weighted by atomic mass is 9.71. The van der Waals surface area contributed by atoms with E-state index in [0.29, 0.717) is 0 Å². The Balaban J connectivity index is 2.65. The number of ether oxygens (including phenoxy) is 2. The monoisotopic (exact) mass is 877 g/mol. The molecule has 2 aromatic rings. The molecule has 0 fully saturated rings. The molecule has 0 unspecified atom stereocenters. The number of hydrogen-bond acceptors (Lipinski definition) is 6. The number of unbranched alkanes of at least 4 members (excludes halogenated alkanes) is 18. The van der Waals surface area contributed by atoms with E-state index < -0.39 is 39.0 Å². The van der Waals surface area contributed by atoms with Crippen LogP contribution < -0.4 is 0 Å². The quantitative estimate of drug-likeness (QED) is 0.0502. The van der Waals surface area contributed by atoms with Gasteiger partial charge in [-0.2, -0.15) is 0 Å². The number of phenols is 2. The summed E-state index contributed by atoms with van der Waals surface area (Å²) in [6.07, 6.45) is 23.4. The molecule has 0 saturated carbocycles. The third kappa shape index (κ3) is 18.8. The molecule has 360 valence electrons. The fourth-order valence-electron chi connectivity index (χ4n) is 8.80. The summed E-state index contributed by atoms with van der Waals surface area (Å²) in [5.41, 5.74) is 1.28. The van der Waals surface area contributed by atoms with Crippen LogP contribution in [0, 0.1) is 5.41 Å². The fourth-order valence-corrected chi connectivity index (χ4v) is 8.80. The van der Waals surface area contributed by atoms with Crippen molar-refractivity contribution < 1.29 is 29.3 Å². The first-order valence-corrected chi connectivity index (χ1v) is 25.5. The van der Waals surface area contributed by atoms with Crippen molar-refractivity contribution in [2.45, 2.75) is 260 Å². The molecule has 63 heavy (non-hydrogen) atoms. The highest BCUT2D eigenvalue weighted by molar-refractivity contribution is 6.01. The molecule has 2 rings (SSSR count). The van der Waals surface area contributed by atoms with Crippen molar-refractivity contribution in [1.29, 1.82) is 0 Å². The maximum absolute atomic E-state index is 15.1. The Bertz CT molecular complexity index is 1460. The average Bonchev–Trinajstić information content (AvgIpc) is 3.17. The lowest BCUT2D eigenvalue weighted by molar-refractivity contribution is -0.173. The molecule has 6 heteroatoms. The van der Waals surface area contributed by atoms with Crippen LogP contribution >= 0.6 is 0 Å². The SMILES string of the molecule is CCCCCCCCCCCCOC(=O)C(Cc1cc(C(C)(C)C)c(O)c(C(C)(C)C)c1)(Cc1cc(C(C)(C)C)c(O)c(C(C)(C)C)c1)C(=O)OCCCCCCCCCCCC. The first-order chi connectivity index (χ1) is 29.4. The molecule has 0 spiro atoms. The molecule has 0 amide bonds. The Morgan fingerprint density at radius 3 is 0.841 bits per heavy atom. The van der Waals surface area contributed by atoms with Gasteiger partial charge in [-0.3, -0.25) is 9.59 Å². The maximum Gasteiger partial charge on any atom is 0.324 e. The van der Waals surface area contributed by atoms with Gasteiger partial charge in [-0.05, 0) is 80.7 Å². The summed E-state index contributed by atoms with van der Waals surface area (Å²) >= 11 is 0. The molecule has 0 radical (unpaired) electrons. The molecule has 0 atom stereocenters. The van der Waals surface area contributed by atoms with Gasteiger partial charge >= 0.3 is 11.9 Å². The molecule has 0 aliphatic rings. The van der Waals surface area contributed by atoms with E-state index >= 15 is 9.59 Å². The van der Waals surface area contributed by atoms with Crippen molar-refractivity contribution in [2.75, 3.05) is 13.2 Å². The molecule has 2 aromatic carbocycles. The molecule has 0 bridgehead atoms. The summed E-state index contributed by atoms with van der Waals surface area (Å²) in [6, 6.07) is 7.90. The highest BCUT2D eigenvalue weighted by Gasteiger charge is 2.50. The largest absolute Gasteiger partial charge is 0.507 e. The van der Waals surface area contributed by atoms with Gasteiger partial charge in [-0.15, -0.1) is 0 Å². The zero-order valence-corrected chi connectivity index (χ0v) is 43.3. The van der Waals surface area contributed by atoms with Crippen molar-refractivity contribution in [3.05, 3.63) is 57.6 Å². The summed E-state index contributed by atoms with van der Waals surface area (Å²) in [5.74, 6) is -0.645. The van der Waals surface area contributed by atoms with E-state index in [0.717, 1.165) is 71.9 Å². The zero-order valence-electron chi connectivity index (χ0n) is 43.3. The van der Waals surface area contributed by atoms with Crippen LogP contribution in [0.1, 0.15) is 259 Å². The molecule has 0 heterocycles. The van der Waals surface area contributed by atoms with Gasteiger partial charge in [0.15, 0.2) is 5.41 Å². The van der Waals surface area contributed by atoms with Crippen LogP contribution in [-0.4, -0.2) is 35.4 Å². The molecule has 0 aliphatic heterocycles. The predicted molar refractivity (Wildman–Crippen MR) is 266 cm³/mol. The van der Waals surface area contributed by atoms with Crippen LogP contribution in [0.2, 0.25) is 0 Å². The lowest BCUT2D eigenvalue weighted by Crippen LogP contribution is -2.46. The second-order valence-corrected chi connectivity index (χ2v) is 23.2. The van der Waals surface area contributed by atoms with Gasteiger partial charge in [0.2, 0.25) is 0 Å². The summed E-state index contributed by atoms with van der Waals surface area (Å²) in [5, 5.41) is 23.4. The van der Waals surface area contributed by atoms with E-state index in [2.05, 4.69) is 96.9 Å². The topological polar surface area (TPSA) is 93.1 Å². The van der Waals surface area contributed by atoms with Crippen LogP contribution in [0.25, 0.3) is 0 Å². The molecule has 6 nitrogen and oxygen atoms in total. The minimum Gasteiger partial charge on any atom is -0.507 e. The summed E-state index contributed by atoms with van der Waals surface area (Å²) in [7, 11) is 0. The second kappa shape index (κ2) is 26.2. The number of rotatable bonds is 28. The summed E-state index contributed by atoms with van der Waals surface area (Å²) in [6.45, 7) is 29.9. The van der Waals surface area contributed by atoms with Crippen LogP contribution in [0.3, 0.4) is 0 Å². The van der Waals surface area contributed by atoms with Crippen molar-refractivity contribution in [3.63, 3.8) is 0 Å². The minimum atomic E-state index is -1.72. The van der Waals surface area contributed by atoms with Gasteiger partial charge in [0.25, 0.3) is 0 Å². The van der Waals surface area contributed by atoms with E-state index in [4.69, 9.17) is 9.47 Å². The number of carbonyl (C=O) groups excluding carboxylic acids is 2. The van der Waals surface area contributed by atoms with Crippen LogP contribution in [0.5, 0.6) is 11.5 Å². The van der Waals surface area contributed by atoms with Gasteiger partial charge < -0.3 is 19.7 Å². The van der Waals surface area contributed by atoms with E-state index in [1.54, 1.807) is 0 Å². The molecular formula is C57H96O6. The molecule has 2 N–H and O–H groups in total. The van der Waals surface area contributed by atoms with Gasteiger partial charge in [0.05, 0.1) is 13.2 Å². The Kier molecular flexibility index (Phi) is 23.3. The first kappa shape index (κ1) is 56.1. The van der Waals surface area contributed by atoms with Crippen molar-refractivity contribution in [1.82, 2.24) is 0 Å². The van der Waals surface area contributed by atoms with Crippen LogP contribution in [0.15, 0.2) is 24.3 Å². The van der Waals surface area contributed by atoms with Crippen molar-refractivity contribution >= 4 is 11.9 Å². The number of benzene rings is 2. The van der Waals surface area contributed by atoms with E-state index in [-0.39, 0.29) is 37.6 Å². The molecular weight excluding hydrogens is 781 g/mol. The van der Waals surface area contributed by atoms with Gasteiger partial charge in [-0.25, -0.2) is 0 Å². The first-order valence-electron chi connectivity index (χ1n) is 25.5. The maximum atomic E-state index is 15.1. The number of hydrogen-bond donors (Lipinski definition) is 2. The number of aromatic hydroxyl groups is 2. The van der Waals surface area contributed by atoms with Gasteiger partial charge in [-0.1, -0.05) is 237 Å². The smallest absolute Gasteiger partial charge is 0.324 e. The lowest BCUT2D eigenvalue weighted by Gasteiger charge is -2.33. The number of phenolic OH excluding ortho intramolecular Hbond substituents is 2. The van der Waals surface area contributed by atoms with Crippen molar-refractivity contribution in [3.8, 4) is 11.5 Å². The molecule has 0 saturated heterocycles. The summed E-state index contributed by atoms with van der Waals surface area (Å²) in [4.78, 5) is 30.2. The predicted octanol–water partition coefficient (Wildman–Crippen LogP) is 16.0. The molecule has 0 aliphatic carbocycles. The van der Waals surface area contributed by atoms with Gasteiger partial charge in [0.1, 0.15) is 11.5 Å². The minimum absolute atomic E-state index is 0.0454. The number of carbonyl (C=O) groups is 2. The number of esters is 2. The van der Waals surface area contributed by atoms with Crippen molar-refractivity contribution in [2.24, 2.45) is 5.41 Å². The van der Waals surface area contributed by atoms with Gasteiger partial charge in [0, 0.05) is 0 Å². The Hall–Kier alpha value is -3.02. The molecule has 0 aromatic heterocycles. The fraction of sp³-hybridized carbons (Fsp3) is 0.754. The second-order valence-electron chi connectivity index (χ2n) is 23.2. The van der Waals surface area contributed by atoms with Crippen LogP contribution in [-0.2, 0) is 53.6 Å². The zero-order chi connectivity index (χ0) is 47.5. The van der Waals surface area contributed by atoms with E-state index in [9.17, 15) is 10.2 Å². The summed E-state index contributed by atoms with van der Waals surface area (Å²) < 4.78 is 12.5. The Morgan fingerprint density at radius 1 is 0.397 bits per heavy atom.